The van der Waals surface area contributed by atoms with Gasteiger partial charge in [-0.2, -0.15) is 0 Å². The Morgan fingerprint density at radius 2 is 1.82 bits per heavy atom. The highest BCUT2D eigenvalue weighted by atomic mass is 16.3. The summed E-state index contributed by atoms with van der Waals surface area (Å²) in [6, 6.07) is 0.387. The van der Waals surface area contributed by atoms with Gasteiger partial charge in [0.1, 0.15) is 0 Å². The minimum Gasteiger partial charge on any atom is -0.394 e. The molecule has 3 nitrogen and oxygen atoms in total. The van der Waals surface area contributed by atoms with Gasteiger partial charge >= 0.3 is 0 Å². The zero-order valence-electron chi connectivity index (χ0n) is 11.6. The molecule has 2 saturated carbocycles. The number of hydrogen-bond donors (Lipinski definition) is 3. The van der Waals surface area contributed by atoms with E-state index in [9.17, 15) is 10.2 Å². The van der Waals surface area contributed by atoms with Crippen LogP contribution in [0.1, 0.15) is 47.0 Å². The molecule has 0 spiro atoms. The molecule has 2 rings (SSSR count). The predicted molar refractivity (Wildman–Crippen MR) is 68.7 cm³/mol. The molecule has 2 aliphatic rings. The number of hydrogen-bond acceptors (Lipinski definition) is 3. The molecule has 0 saturated heterocycles. The number of rotatable bonds is 4. The normalized spacial score (nSPS) is 39.9. The second-order valence-electron chi connectivity index (χ2n) is 7.37. The summed E-state index contributed by atoms with van der Waals surface area (Å²) in [6.45, 7) is 8.88. The van der Waals surface area contributed by atoms with Gasteiger partial charge in [-0.1, -0.05) is 20.8 Å². The van der Waals surface area contributed by atoms with Gasteiger partial charge in [-0.05, 0) is 42.9 Å². The molecule has 2 aliphatic carbocycles. The average molecular weight is 241 g/mol. The molecule has 0 heterocycles. The zero-order valence-corrected chi connectivity index (χ0v) is 11.6. The van der Waals surface area contributed by atoms with Gasteiger partial charge in [0.05, 0.1) is 18.8 Å². The summed E-state index contributed by atoms with van der Waals surface area (Å²) in [7, 11) is 0. The quantitative estimate of drug-likeness (QED) is 0.700. The van der Waals surface area contributed by atoms with Gasteiger partial charge in [0, 0.05) is 6.04 Å². The Balaban J connectivity index is 2.20. The Bertz CT molecular complexity index is 294. The fraction of sp³-hybridized carbons (Fsp3) is 1.00. The molecule has 2 bridgehead atoms. The minimum absolute atomic E-state index is 0.0170. The first-order valence-electron chi connectivity index (χ1n) is 6.77. The highest BCUT2D eigenvalue weighted by molar-refractivity contribution is 5.13. The van der Waals surface area contributed by atoms with Gasteiger partial charge in [-0.3, -0.25) is 0 Å². The van der Waals surface area contributed by atoms with Crippen molar-refractivity contribution in [1.82, 2.24) is 5.32 Å². The standard InChI is InChI=1S/C14H27NO2/c1-12(2)10-5-6-13(3,7-10)11(12)15-14(4,8-16)9-17/h10-11,15-17H,5-9H2,1-4H3. The summed E-state index contributed by atoms with van der Waals surface area (Å²) in [5.74, 6) is 0.784. The fourth-order valence-corrected chi connectivity index (χ4v) is 4.15. The first kappa shape index (κ1) is 13.3. The highest BCUT2D eigenvalue weighted by Gasteiger charge is 2.60. The van der Waals surface area contributed by atoms with E-state index in [4.69, 9.17) is 0 Å². The summed E-state index contributed by atoms with van der Waals surface area (Å²) < 4.78 is 0. The molecular weight excluding hydrogens is 214 g/mol. The van der Waals surface area contributed by atoms with Crippen molar-refractivity contribution in [2.45, 2.75) is 58.5 Å². The van der Waals surface area contributed by atoms with Gasteiger partial charge in [0.15, 0.2) is 0 Å². The van der Waals surface area contributed by atoms with E-state index in [2.05, 4.69) is 26.1 Å². The predicted octanol–water partition coefficient (Wildman–Crippen LogP) is 1.53. The lowest BCUT2D eigenvalue weighted by molar-refractivity contribution is 0.0325. The molecule has 0 aromatic rings. The van der Waals surface area contributed by atoms with Crippen LogP contribution in [-0.2, 0) is 0 Å². The van der Waals surface area contributed by atoms with E-state index < -0.39 is 5.54 Å². The smallest absolute Gasteiger partial charge is 0.0633 e. The van der Waals surface area contributed by atoms with Gasteiger partial charge in [0.25, 0.3) is 0 Å². The summed E-state index contributed by atoms with van der Waals surface area (Å²) in [5.41, 5.74) is 0.0355. The molecule has 17 heavy (non-hydrogen) atoms. The van der Waals surface area contributed by atoms with Crippen molar-refractivity contribution in [2.75, 3.05) is 13.2 Å². The second kappa shape index (κ2) is 3.94. The lowest BCUT2D eigenvalue weighted by Gasteiger charge is -2.47. The van der Waals surface area contributed by atoms with Gasteiger partial charge in [-0.15, -0.1) is 0 Å². The summed E-state index contributed by atoms with van der Waals surface area (Å²) in [6.07, 6.45) is 3.88. The maximum absolute atomic E-state index is 9.45. The topological polar surface area (TPSA) is 52.5 Å². The average Bonchev–Trinajstić information content (AvgIpc) is 2.75. The Hall–Kier alpha value is -0.120. The van der Waals surface area contributed by atoms with Crippen molar-refractivity contribution in [2.24, 2.45) is 16.7 Å². The van der Waals surface area contributed by atoms with Crippen molar-refractivity contribution in [3.8, 4) is 0 Å². The van der Waals surface area contributed by atoms with Crippen LogP contribution in [0.4, 0.5) is 0 Å². The Morgan fingerprint density at radius 3 is 2.24 bits per heavy atom. The van der Waals surface area contributed by atoms with E-state index in [0.717, 1.165) is 5.92 Å². The largest absolute Gasteiger partial charge is 0.394 e. The Morgan fingerprint density at radius 1 is 1.24 bits per heavy atom. The second-order valence-corrected chi connectivity index (χ2v) is 7.37. The first-order chi connectivity index (χ1) is 7.77. The molecule has 0 radical (unpaired) electrons. The van der Waals surface area contributed by atoms with Crippen molar-refractivity contribution in [3.05, 3.63) is 0 Å². The third-order valence-corrected chi connectivity index (χ3v) is 5.46. The van der Waals surface area contributed by atoms with Crippen LogP contribution in [0.15, 0.2) is 0 Å². The number of nitrogens with one attached hydrogen (secondary N) is 1. The van der Waals surface area contributed by atoms with Gasteiger partial charge in [0.2, 0.25) is 0 Å². The molecule has 0 amide bonds. The Labute approximate surface area is 105 Å². The number of aliphatic hydroxyl groups is 2. The van der Waals surface area contributed by atoms with Crippen LogP contribution in [0, 0.1) is 16.7 Å². The lowest BCUT2D eigenvalue weighted by atomic mass is 9.67. The molecule has 100 valence electrons. The van der Waals surface area contributed by atoms with Crippen LogP contribution < -0.4 is 5.32 Å². The molecule has 2 fully saturated rings. The van der Waals surface area contributed by atoms with E-state index in [0.29, 0.717) is 11.5 Å². The molecular formula is C14H27NO2. The third kappa shape index (κ3) is 1.92. The van der Waals surface area contributed by atoms with Crippen LogP contribution in [0.5, 0.6) is 0 Å². The Kier molecular flexibility index (Phi) is 3.08. The number of aliphatic hydroxyl groups excluding tert-OH is 2. The monoisotopic (exact) mass is 241 g/mol. The van der Waals surface area contributed by atoms with Crippen LogP contribution in [0.25, 0.3) is 0 Å². The SMILES string of the molecule is CC(CO)(CO)NC1C2(C)CCC(C2)C1(C)C. The van der Waals surface area contributed by atoms with E-state index in [-0.39, 0.29) is 18.6 Å². The summed E-state index contributed by atoms with van der Waals surface area (Å²) in [5, 5.41) is 22.4. The maximum Gasteiger partial charge on any atom is 0.0633 e. The molecule has 3 atom stereocenters. The van der Waals surface area contributed by atoms with Crippen LogP contribution in [0.2, 0.25) is 0 Å². The van der Waals surface area contributed by atoms with E-state index >= 15 is 0 Å². The first-order valence-corrected chi connectivity index (χ1v) is 6.77. The van der Waals surface area contributed by atoms with Crippen LogP contribution in [0.3, 0.4) is 0 Å². The highest BCUT2D eigenvalue weighted by Crippen LogP contribution is 2.62. The molecule has 0 aliphatic heterocycles. The van der Waals surface area contributed by atoms with Crippen molar-refractivity contribution in [3.63, 3.8) is 0 Å². The van der Waals surface area contributed by atoms with E-state index in [1.54, 1.807) is 0 Å². The molecule has 3 unspecified atom stereocenters. The summed E-state index contributed by atoms with van der Waals surface area (Å²) in [4.78, 5) is 0. The van der Waals surface area contributed by atoms with Crippen molar-refractivity contribution in [1.29, 1.82) is 0 Å². The lowest BCUT2D eigenvalue weighted by Crippen LogP contribution is -2.61. The zero-order chi connectivity index (χ0) is 12.9. The van der Waals surface area contributed by atoms with Gasteiger partial charge < -0.3 is 15.5 Å². The maximum atomic E-state index is 9.45. The third-order valence-electron chi connectivity index (χ3n) is 5.46. The minimum atomic E-state index is -0.560. The van der Waals surface area contributed by atoms with Gasteiger partial charge in [-0.25, -0.2) is 0 Å². The molecule has 3 heteroatoms. The molecule has 0 aromatic carbocycles. The van der Waals surface area contributed by atoms with Crippen LogP contribution in [-0.4, -0.2) is 35.0 Å². The van der Waals surface area contributed by atoms with E-state index in [1.807, 2.05) is 6.92 Å². The molecule has 0 aromatic heterocycles. The number of fused-ring (bicyclic) bond motifs is 2. The van der Waals surface area contributed by atoms with Crippen LogP contribution >= 0.6 is 0 Å². The van der Waals surface area contributed by atoms with Crippen molar-refractivity contribution < 1.29 is 10.2 Å². The molecule has 3 N–H and O–H groups in total. The summed E-state index contributed by atoms with van der Waals surface area (Å²) >= 11 is 0. The fourth-order valence-electron chi connectivity index (χ4n) is 4.15. The van der Waals surface area contributed by atoms with Crippen molar-refractivity contribution >= 4 is 0 Å². The van der Waals surface area contributed by atoms with E-state index in [1.165, 1.54) is 19.3 Å².